The van der Waals surface area contributed by atoms with Gasteiger partial charge in [-0.2, -0.15) is 0 Å². The van der Waals surface area contributed by atoms with Crippen molar-refractivity contribution in [1.29, 1.82) is 0 Å². The third-order valence-electron chi connectivity index (χ3n) is 3.91. The maximum Gasteiger partial charge on any atom is 0.310 e. The van der Waals surface area contributed by atoms with Crippen molar-refractivity contribution in [3.05, 3.63) is 34.4 Å². The molecule has 0 amide bonds. The average Bonchev–Trinajstić information content (AvgIpc) is 2.44. The Balaban J connectivity index is 1.85. The number of nitro groups is 1. The third kappa shape index (κ3) is 4.68. The Hall–Kier alpha value is -1.66. The van der Waals surface area contributed by atoms with Gasteiger partial charge in [-0.15, -0.1) is 0 Å². The minimum Gasteiger partial charge on any atom is -0.484 e. The third-order valence-corrected chi connectivity index (χ3v) is 3.91. The number of nitro benzene ring substituents is 1. The van der Waals surface area contributed by atoms with Crippen molar-refractivity contribution < 1.29 is 14.8 Å². The molecule has 0 radical (unpaired) electrons. The van der Waals surface area contributed by atoms with Crippen molar-refractivity contribution in [3.63, 3.8) is 0 Å². The number of ether oxygens (including phenoxy) is 1. The van der Waals surface area contributed by atoms with Gasteiger partial charge in [0, 0.05) is 25.7 Å². The number of piperidine rings is 1. The molecule has 22 heavy (non-hydrogen) atoms. The number of likely N-dealkylation sites (tertiary alicyclic amines) is 1. The molecule has 6 heteroatoms. The molecule has 0 aliphatic carbocycles. The fourth-order valence-corrected chi connectivity index (χ4v) is 3.21. The summed E-state index contributed by atoms with van der Waals surface area (Å²) in [6.45, 7) is 7.00. The second-order valence-electron chi connectivity index (χ2n) is 6.35. The molecule has 1 aliphatic heterocycles. The van der Waals surface area contributed by atoms with E-state index < -0.39 is 11.0 Å². The lowest BCUT2D eigenvalue weighted by molar-refractivity contribution is -0.385. The van der Waals surface area contributed by atoms with Crippen molar-refractivity contribution in [1.82, 2.24) is 4.90 Å². The highest BCUT2D eigenvalue weighted by Gasteiger charge is 2.24. The normalized spacial score (nSPS) is 24.0. The van der Waals surface area contributed by atoms with Crippen LogP contribution in [-0.2, 0) is 0 Å². The van der Waals surface area contributed by atoms with E-state index in [1.165, 1.54) is 12.5 Å². The van der Waals surface area contributed by atoms with Gasteiger partial charge < -0.3 is 14.7 Å². The molecule has 2 rings (SSSR count). The van der Waals surface area contributed by atoms with Crippen LogP contribution in [0.15, 0.2) is 24.3 Å². The zero-order chi connectivity index (χ0) is 16.1. The van der Waals surface area contributed by atoms with E-state index in [2.05, 4.69) is 18.7 Å². The first-order valence-electron chi connectivity index (χ1n) is 7.72. The number of rotatable bonds is 6. The van der Waals surface area contributed by atoms with E-state index in [9.17, 15) is 15.2 Å². The standard InChI is InChI=1S/C16H24N2O4/c1-12-7-13(2)9-17(8-12)10-14(19)11-22-16-6-4-3-5-15(16)18(20)21/h3-6,12-14,19H,7-11H2,1-2H3/t12-,13+,14-/m1/s1. The molecule has 6 nitrogen and oxygen atoms in total. The summed E-state index contributed by atoms with van der Waals surface area (Å²) >= 11 is 0. The minimum absolute atomic E-state index is 0.0596. The lowest BCUT2D eigenvalue weighted by Crippen LogP contribution is -2.44. The Morgan fingerprint density at radius 3 is 2.64 bits per heavy atom. The lowest BCUT2D eigenvalue weighted by Gasteiger charge is -2.35. The van der Waals surface area contributed by atoms with Crippen molar-refractivity contribution in [2.45, 2.75) is 26.4 Å². The van der Waals surface area contributed by atoms with Gasteiger partial charge in [0.05, 0.1) is 4.92 Å². The monoisotopic (exact) mass is 308 g/mol. The summed E-state index contributed by atoms with van der Waals surface area (Å²) < 4.78 is 5.44. The van der Waals surface area contributed by atoms with Crippen molar-refractivity contribution in [2.24, 2.45) is 11.8 Å². The van der Waals surface area contributed by atoms with Crippen LogP contribution in [-0.4, -0.2) is 47.3 Å². The van der Waals surface area contributed by atoms with Gasteiger partial charge in [0.25, 0.3) is 0 Å². The molecule has 0 saturated carbocycles. The molecule has 1 fully saturated rings. The highest BCUT2D eigenvalue weighted by Crippen LogP contribution is 2.26. The number of para-hydroxylation sites is 2. The van der Waals surface area contributed by atoms with E-state index in [1.807, 2.05) is 0 Å². The van der Waals surface area contributed by atoms with Crippen LogP contribution >= 0.6 is 0 Å². The summed E-state index contributed by atoms with van der Waals surface area (Å²) in [7, 11) is 0. The number of aliphatic hydroxyl groups excluding tert-OH is 1. The Morgan fingerprint density at radius 1 is 1.36 bits per heavy atom. The minimum atomic E-state index is -0.655. The maximum absolute atomic E-state index is 10.9. The zero-order valence-electron chi connectivity index (χ0n) is 13.1. The van der Waals surface area contributed by atoms with Crippen molar-refractivity contribution in [3.8, 4) is 5.75 Å². The lowest BCUT2D eigenvalue weighted by atomic mass is 9.92. The molecule has 1 heterocycles. The highest BCUT2D eigenvalue weighted by atomic mass is 16.6. The Labute approximate surface area is 130 Å². The van der Waals surface area contributed by atoms with Crippen molar-refractivity contribution >= 4 is 5.69 Å². The maximum atomic E-state index is 10.9. The summed E-state index contributed by atoms with van der Waals surface area (Å²) in [4.78, 5) is 12.7. The SMILES string of the molecule is C[C@@H]1C[C@H](C)CN(C[C@@H](O)COc2ccccc2[N+](=O)[O-])C1. The van der Waals surface area contributed by atoms with E-state index >= 15 is 0 Å². The van der Waals surface area contributed by atoms with Gasteiger partial charge in [-0.3, -0.25) is 10.1 Å². The van der Waals surface area contributed by atoms with Gasteiger partial charge >= 0.3 is 5.69 Å². The first kappa shape index (κ1) is 16.7. The average molecular weight is 308 g/mol. The molecule has 0 bridgehead atoms. The first-order chi connectivity index (χ1) is 10.5. The second-order valence-corrected chi connectivity index (χ2v) is 6.35. The van der Waals surface area contributed by atoms with Gasteiger partial charge in [0.1, 0.15) is 12.7 Å². The molecule has 0 spiro atoms. The van der Waals surface area contributed by atoms with Gasteiger partial charge in [-0.25, -0.2) is 0 Å². The zero-order valence-corrected chi connectivity index (χ0v) is 13.1. The fraction of sp³-hybridized carbons (Fsp3) is 0.625. The molecule has 0 unspecified atom stereocenters. The van der Waals surface area contributed by atoms with Crippen molar-refractivity contribution in [2.75, 3.05) is 26.2 Å². The van der Waals surface area contributed by atoms with E-state index in [1.54, 1.807) is 18.2 Å². The van der Waals surface area contributed by atoms with Crippen LogP contribution in [0.1, 0.15) is 20.3 Å². The Bertz CT molecular complexity index is 499. The smallest absolute Gasteiger partial charge is 0.310 e. The number of hydrogen-bond donors (Lipinski definition) is 1. The predicted octanol–water partition coefficient (Wildman–Crippen LogP) is 2.31. The van der Waals surface area contributed by atoms with E-state index in [4.69, 9.17) is 4.74 Å². The van der Waals surface area contributed by atoms with Gasteiger partial charge in [0.15, 0.2) is 5.75 Å². The molecule has 1 aliphatic rings. The summed E-state index contributed by atoms with van der Waals surface area (Å²) in [5, 5.41) is 21.0. The summed E-state index contributed by atoms with van der Waals surface area (Å²) in [5.74, 6) is 1.46. The largest absolute Gasteiger partial charge is 0.484 e. The quantitative estimate of drug-likeness (QED) is 0.644. The van der Waals surface area contributed by atoms with Crippen LogP contribution in [0.25, 0.3) is 0 Å². The molecule has 1 saturated heterocycles. The number of β-amino-alcohol motifs (C(OH)–C–C–N with tert-alkyl or cyclic N) is 1. The molecule has 1 N–H and O–H groups in total. The molecule has 1 aromatic rings. The molecule has 3 atom stereocenters. The summed E-state index contributed by atoms with van der Waals surface area (Å²) in [6.07, 6.45) is 0.566. The number of aliphatic hydroxyl groups is 1. The summed E-state index contributed by atoms with van der Waals surface area (Å²) in [6, 6.07) is 6.23. The summed E-state index contributed by atoms with van der Waals surface area (Å²) in [5.41, 5.74) is -0.0742. The molecular formula is C16H24N2O4. The number of nitrogens with zero attached hydrogens (tertiary/aromatic N) is 2. The van der Waals surface area contributed by atoms with E-state index in [-0.39, 0.29) is 18.0 Å². The predicted molar refractivity (Wildman–Crippen MR) is 84.0 cm³/mol. The van der Waals surface area contributed by atoms with E-state index in [0.29, 0.717) is 18.4 Å². The van der Waals surface area contributed by atoms with E-state index in [0.717, 1.165) is 13.1 Å². The molecule has 1 aromatic carbocycles. The Morgan fingerprint density at radius 2 is 2.00 bits per heavy atom. The molecular weight excluding hydrogens is 284 g/mol. The topological polar surface area (TPSA) is 75.8 Å². The highest BCUT2D eigenvalue weighted by molar-refractivity contribution is 5.45. The van der Waals surface area contributed by atoms with Gasteiger partial charge in [-0.05, 0) is 24.3 Å². The number of benzene rings is 1. The molecule has 122 valence electrons. The van der Waals surface area contributed by atoms with Crippen LogP contribution in [0.3, 0.4) is 0 Å². The van der Waals surface area contributed by atoms with Crippen LogP contribution in [0, 0.1) is 22.0 Å². The number of hydrogen-bond acceptors (Lipinski definition) is 5. The van der Waals surface area contributed by atoms with Gasteiger partial charge in [-0.1, -0.05) is 26.0 Å². The van der Waals surface area contributed by atoms with Crippen LogP contribution in [0.4, 0.5) is 5.69 Å². The van der Waals surface area contributed by atoms with Crippen LogP contribution in [0.5, 0.6) is 5.75 Å². The second kappa shape index (κ2) is 7.56. The molecule has 0 aromatic heterocycles. The fourth-order valence-electron chi connectivity index (χ4n) is 3.21. The first-order valence-corrected chi connectivity index (χ1v) is 7.72. The Kier molecular flexibility index (Phi) is 5.74. The van der Waals surface area contributed by atoms with Crippen LogP contribution in [0.2, 0.25) is 0 Å². The van der Waals surface area contributed by atoms with Gasteiger partial charge in [0.2, 0.25) is 0 Å². The van der Waals surface area contributed by atoms with Crippen LogP contribution < -0.4 is 4.74 Å².